The number of benzene rings is 1. The summed E-state index contributed by atoms with van der Waals surface area (Å²) in [7, 11) is 0. The zero-order valence-electron chi connectivity index (χ0n) is 11.4. The van der Waals surface area contributed by atoms with E-state index >= 15 is 0 Å². The number of ether oxygens (including phenoxy) is 1. The Morgan fingerprint density at radius 2 is 1.84 bits per heavy atom. The van der Waals surface area contributed by atoms with E-state index in [0.29, 0.717) is 31.5 Å². The highest BCUT2D eigenvalue weighted by Gasteiger charge is 2.37. The number of likely N-dealkylation sites (tertiary alicyclic amines) is 1. The molecule has 0 unspecified atom stereocenters. The summed E-state index contributed by atoms with van der Waals surface area (Å²) in [6.45, 7) is 4.42. The zero-order valence-corrected chi connectivity index (χ0v) is 11.4. The molecule has 0 N–H and O–H groups in total. The Kier molecular flexibility index (Phi) is 4.08. The van der Waals surface area contributed by atoms with E-state index in [1.165, 1.54) is 0 Å². The third-order valence-electron chi connectivity index (χ3n) is 3.44. The number of amides is 1. The van der Waals surface area contributed by atoms with Crippen LogP contribution in [0.3, 0.4) is 0 Å². The van der Waals surface area contributed by atoms with E-state index in [4.69, 9.17) is 4.74 Å². The molecule has 1 heterocycles. The van der Waals surface area contributed by atoms with E-state index in [1.54, 1.807) is 4.90 Å². The van der Waals surface area contributed by atoms with Crippen molar-refractivity contribution >= 4 is 6.09 Å². The zero-order chi connectivity index (χ0) is 13.9. The van der Waals surface area contributed by atoms with Gasteiger partial charge in [-0.1, -0.05) is 30.3 Å². The minimum absolute atomic E-state index is 0.140. The van der Waals surface area contributed by atoms with Crippen LogP contribution >= 0.6 is 0 Å². The summed E-state index contributed by atoms with van der Waals surface area (Å²) < 4.78 is 20.0. The Labute approximate surface area is 113 Å². The fourth-order valence-electron chi connectivity index (χ4n) is 2.35. The number of halogens is 1. The molecule has 1 aliphatic heterocycles. The van der Waals surface area contributed by atoms with E-state index in [0.717, 1.165) is 0 Å². The maximum Gasteiger partial charge on any atom is 0.410 e. The Hall–Kier alpha value is -1.58. The highest BCUT2D eigenvalue weighted by atomic mass is 19.1. The molecular formula is C15H20FNO2. The molecule has 1 saturated heterocycles. The molecule has 4 heteroatoms. The molecular weight excluding hydrogens is 245 g/mol. The van der Waals surface area contributed by atoms with Gasteiger partial charge in [-0.2, -0.15) is 0 Å². The first-order valence-corrected chi connectivity index (χ1v) is 6.71. The molecule has 0 saturated carbocycles. The van der Waals surface area contributed by atoms with Gasteiger partial charge in [-0.05, 0) is 19.4 Å². The number of hydrogen-bond acceptors (Lipinski definition) is 2. The van der Waals surface area contributed by atoms with Crippen LogP contribution in [0.2, 0.25) is 0 Å². The Morgan fingerprint density at radius 3 is 2.37 bits per heavy atom. The van der Waals surface area contributed by atoms with Gasteiger partial charge in [-0.15, -0.1) is 0 Å². The van der Waals surface area contributed by atoms with Crippen molar-refractivity contribution in [2.24, 2.45) is 0 Å². The van der Waals surface area contributed by atoms with Crippen molar-refractivity contribution in [3.8, 4) is 0 Å². The lowest BCUT2D eigenvalue weighted by Crippen LogP contribution is -2.44. The van der Waals surface area contributed by atoms with Crippen LogP contribution in [0.5, 0.6) is 0 Å². The Bertz CT molecular complexity index is 425. The third-order valence-corrected chi connectivity index (χ3v) is 3.44. The molecule has 0 bridgehead atoms. The minimum Gasteiger partial charge on any atom is -0.447 e. The van der Waals surface area contributed by atoms with E-state index in [9.17, 15) is 9.18 Å². The molecule has 1 aliphatic rings. The Morgan fingerprint density at radius 1 is 1.26 bits per heavy atom. The molecule has 0 aromatic heterocycles. The Balaban J connectivity index is 1.97. The SMILES string of the molecule is CC(C)OC(=O)N1CCC(F)(c2ccccc2)CC1. The summed E-state index contributed by atoms with van der Waals surface area (Å²) in [5.41, 5.74) is -0.623. The van der Waals surface area contributed by atoms with Crippen LogP contribution in [-0.4, -0.2) is 30.2 Å². The van der Waals surface area contributed by atoms with Crippen molar-refractivity contribution in [2.45, 2.75) is 38.5 Å². The van der Waals surface area contributed by atoms with Crippen LogP contribution < -0.4 is 0 Å². The number of carbonyl (C=O) groups excluding carboxylic acids is 1. The number of nitrogens with zero attached hydrogens (tertiary/aromatic N) is 1. The number of hydrogen-bond donors (Lipinski definition) is 0. The van der Waals surface area contributed by atoms with E-state index in [2.05, 4.69) is 0 Å². The molecule has 1 aromatic rings. The second-order valence-corrected chi connectivity index (χ2v) is 5.25. The number of piperidine rings is 1. The van der Waals surface area contributed by atoms with Gasteiger partial charge >= 0.3 is 6.09 Å². The van der Waals surface area contributed by atoms with Gasteiger partial charge in [0.1, 0.15) is 5.67 Å². The monoisotopic (exact) mass is 265 g/mol. The van der Waals surface area contributed by atoms with Gasteiger partial charge in [-0.3, -0.25) is 0 Å². The fraction of sp³-hybridized carbons (Fsp3) is 0.533. The van der Waals surface area contributed by atoms with Crippen LogP contribution in [0.1, 0.15) is 32.3 Å². The summed E-state index contributed by atoms with van der Waals surface area (Å²) in [4.78, 5) is 13.3. The molecule has 0 spiro atoms. The van der Waals surface area contributed by atoms with Crippen molar-refractivity contribution in [3.05, 3.63) is 35.9 Å². The lowest BCUT2D eigenvalue weighted by Gasteiger charge is -2.36. The molecule has 1 fully saturated rings. The third kappa shape index (κ3) is 3.25. The van der Waals surface area contributed by atoms with Gasteiger partial charge in [0.25, 0.3) is 0 Å². The van der Waals surface area contributed by atoms with Crippen LogP contribution in [0.25, 0.3) is 0 Å². The van der Waals surface area contributed by atoms with Crippen molar-refractivity contribution in [2.75, 3.05) is 13.1 Å². The number of carbonyl (C=O) groups is 1. The predicted molar refractivity (Wildman–Crippen MR) is 71.7 cm³/mol. The van der Waals surface area contributed by atoms with Gasteiger partial charge in [0.2, 0.25) is 0 Å². The normalized spacial score (nSPS) is 18.4. The van der Waals surface area contributed by atoms with Crippen molar-refractivity contribution < 1.29 is 13.9 Å². The molecule has 1 amide bonds. The second kappa shape index (κ2) is 5.59. The molecule has 1 aromatic carbocycles. The van der Waals surface area contributed by atoms with Gasteiger partial charge in [0, 0.05) is 25.9 Å². The molecule has 2 rings (SSSR count). The first-order valence-electron chi connectivity index (χ1n) is 6.71. The fourth-order valence-corrected chi connectivity index (χ4v) is 2.35. The second-order valence-electron chi connectivity index (χ2n) is 5.25. The quantitative estimate of drug-likeness (QED) is 0.819. The molecule has 104 valence electrons. The van der Waals surface area contributed by atoms with Gasteiger partial charge < -0.3 is 9.64 Å². The molecule has 3 nitrogen and oxygen atoms in total. The molecule has 0 atom stereocenters. The van der Waals surface area contributed by atoms with E-state index in [-0.39, 0.29) is 12.2 Å². The molecule has 0 aliphatic carbocycles. The first-order chi connectivity index (χ1) is 9.01. The van der Waals surface area contributed by atoms with Crippen molar-refractivity contribution in [1.82, 2.24) is 4.90 Å². The predicted octanol–water partition coefficient (Wildman–Crippen LogP) is 3.49. The lowest BCUT2D eigenvalue weighted by molar-refractivity contribution is 0.0313. The van der Waals surface area contributed by atoms with Gasteiger partial charge in [0.15, 0.2) is 0 Å². The van der Waals surface area contributed by atoms with Crippen molar-refractivity contribution in [1.29, 1.82) is 0 Å². The average Bonchev–Trinajstić information content (AvgIpc) is 2.40. The van der Waals surface area contributed by atoms with Crippen LogP contribution in [0.15, 0.2) is 30.3 Å². The lowest BCUT2D eigenvalue weighted by atomic mass is 9.86. The first kappa shape index (κ1) is 13.8. The summed E-state index contributed by atoms with van der Waals surface area (Å²) in [5.74, 6) is 0. The topological polar surface area (TPSA) is 29.5 Å². The number of alkyl halides is 1. The van der Waals surface area contributed by atoms with Gasteiger partial charge in [-0.25, -0.2) is 9.18 Å². The average molecular weight is 265 g/mol. The van der Waals surface area contributed by atoms with Crippen molar-refractivity contribution in [3.63, 3.8) is 0 Å². The largest absolute Gasteiger partial charge is 0.447 e. The summed E-state index contributed by atoms with van der Waals surface area (Å²) in [6, 6.07) is 9.18. The molecule has 0 radical (unpaired) electrons. The van der Waals surface area contributed by atoms with Gasteiger partial charge in [0.05, 0.1) is 6.10 Å². The van der Waals surface area contributed by atoms with Crippen LogP contribution in [0, 0.1) is 0 Å². The minimum atomic E-state index is -1.32. The summed E-state index contributed by atoms with van der Waals surface area (Å²) in [5, 5.41) is 0. The maximum absolute atomic E-state index is 14.8. The summed E-state index contributed by atoms with van der Waals surface area (Å²) in [6.07, 6.45) is 0.165. The highest BCUT2D eigenvalue weighted by Crippen LogP contribution is 2.36. The standard InChI is InChI=1S/C15H20FNO2/c1-12(2)19-14(18)17-10-8-15(16,9-11-17)13-6-4-3-5-7-13/h3-7,12H,8-11H2,1-2H3. The van der Waals surface area contributed by atoms with Crippen LogP contribution in [0.4, 0.5) is 9.18 Å². The van der Waals surface area contributed by atoms with E-state index < -0.39 is 5.67 Å². The smallest absolute Gasteiger partial charge is 0.410 e. The van der Waals surface area contributed by atoms with E-state index in [1.807, 2.05) is 44.2 Å². The van der Waals surface area contributed by atoms with Crippen LogP contribution in [-0.2, 0) is 10.4 Å². The molecule has 19 heavy (non-hydrogen) atoms. The number of rotatable bonds is 2. The highest BCUT2D eigenvalue weighted by molar-refractivity contribution is 5.68. The summed E-state index contributed by atoms with van der Waals surface area (Å²) >= 11 is 0. The maximum atomic E-state index is 14.8.